The molecule has 0 aromatic carbocycles. The van der Waals surface area contributed by atoms with Crippen LogP contribution in [0, 0.1) is 12.8 Å². The zero-order valence-corrected chi connectivity index (χ0v) is 11.7. The fourth-order valence-electron chi connectivity index (χ4n) is 2.09. The Bertz CT molecular complexity index is 396. The zero-order valence-electron chi connectivity index (χ0n) is 11.7. The third-order valence-corrected chi connectivity index (χ3v) is 3.63. The number of nitrogens with one attached hydrogen (secondary N) is 1. The first kappa shape index (κ1) is 14.7. The van der Waals surface area contributed by atoms with Crippen molar-refractivity contribution in [3.05, 3.63) is 17.5 Å². The van der Waals surface area contributed by atoms with Crippen molar-refractivity contribution in [1.29, 1.82) is 0 Å². The Morgan fingerprint density at radius 1 is 1.50 bits per heavy atom. The van der Waals surface area contributed by atoms with E-state index in [1.807, 2.05) is 14.0 Å². The molecule has 18 heavy (non-hydrogen) atoms. The Labute approximate surface area is 109 Å². The molecule has 1 aromatic rings. The molecule has 0 bridgehead atoms. The predicted octanol–water partition coefficient (Wildman–Crippen LogP) is 1.22. The lowest BCUT2D eigenvalue weighted by Crippen LogP contribution is -2.41. The molecule has 0 saturated carbocycles. The molecule has 0 aliphatic heterocycles. The van der Waals surface area contributed by atoms with Gasteiger partial charge in [0.25, 0.3) is 5.91 Å². The number of aryl methyl sites for hydroxylation is 1. The second-order valence-corrected chi connectivity index (χ2v) is 4.72. The number of hydrogen-bond donors (Lipinski definition) is 2. The van der Waals surface area contributed by atoms with Crippen LogP contribution in [-0.2, 0) is 7.05 Å². The molecule has 102 valence electrons. The molecule has 1 aromatic heterocycles. The zero-order chi connectivity index (χ0) is 13.7. The van der Waals surface area contributed by atoms with Crippen LogP contribution in [0.1, 0.15) is 42.7 Å². The Balaban J connectivity index is 2.54. The van der Waals surface area contributed by atoms with Crippen LogP contribution >= 0.6 is 0 Å². The summed E-state index contributed by atoms with van der Waals surface area (Å²) in [7, 11) is 1.82. The normalized spacial score (nSPS) is 12.8. The van der Waals surface area contributed by atoms with E-state index in [2.05, 4.69) is 24.3 Å². The first-order valence-electron chi connectivity index (χ1n) is 6.53. The second kappa shape index (κ2) is 6.54. The lowest BCUT2D eigenvalue weighted by Gasteiger charge is -2.21. The van der Waals surface area contributed by atoms with Gasteiger partial charge in [-0.05, 0) is 12.8 Å². The Hall–Kier alpha value is -1.36. The van der Waals surface area contributed by atoms with Gasteiger partial charge in [0.05, 0.1) is 11.8 Å². The Morgan fingerprint density at radius 3 is 2.56 bits per heavy atom. The topological polar surface area (TPSA) is 72.9 Å². The summed E-state index contributed by atoms with van der Waals surface area (Å²) in [6, 6.07) is 0.0147. The number of rotatable bonds is 6. The molecule has 0 radical (unpaired) electrons. The molecular weight excluding hydrogens is 228 g/mol. The molecule has 1 heterocycles. The molecule has 0 saturated heterocycles. The first-order valence-corrected chi connectivity index (χ1v) is 6.53. The van der Waals surface area contributed by atoms with E-state index in [0.29, 0.717) is 18.0 Å². The van der Waals surface area contributed by atoms with Gasteiger partial charge in [-0.25, -0.2) is 0 Å². The molecule has 3 N–H and O–H groups in total. The van der Waals surface area contributed by atoms with E-state index in [-0.39, 0.29) is 11.9 Å². The summed E-state index contributed by atoms with van der Waals surface area (Å²) in [5.74, 6) is 0.363. The fourth-order valence-corrected chi connectivity index (χ4v) is 2.09. The van der Waals surface area contributed by atoms with Crippen LogP contribution in [0.15, 0.2) is 6.20 Å². The highest BCUT2D eigenvalue weighted by molar-refractivity contribution is 5.95. The summed E-state index contributed by atoms with van der Waals surface area (Å²) >= 11 is 0. The van der Waals surface area contributed by atoms with Gasteiger partial charge in [0.1, 0.15) is 0 Å². The van der Waals surface area contributed by atoms with Crippen molar-refractivity contribution in [3.8, 4) is 0 Å². The summed E-state index contributed by atoms with van der Waals surface area (Å²) in [5, 5.41) is 6.94. The van der Waals surface area contributed by atoms with Crippen LogP contribution in [0.2, 0.25) is 0 Å². The van der Waals surface area contributed by atoms with E-state index in [9.17, 15) is 4.79 Å². The van der Waals surface area contributed by atoms with Crippen molar-refractivity contribution < 1.29 is 4.79 Å². The number of carbonyl (C=O) groups is 1. The number of hydrogen-bond acceptors (Lipinski definition) is 3. The van der Waals surface area contributed by atoms with Gasteiger partial charge in [-0.3, -0.25) is 9.48 Å². The van der Waals surface area contributed by atoms with Gasteiger partial charge >= 0.3 is 0 Å². The van der Waals surface area contributed by atoms with Crippen molar-refractivity contribution in [1.82, 2.24) is 15.1 Å². The van der Waals surface area contributed by atoms with Crippen LogP contribution in [0.5, 0.6) is 0 Å². The molecule has 0 spiro atoms. The molecular formula is C13H24N4O. The molecule has 0 aliphatic carbocycles. The van der Waals surface area contributed by atoms with Crippen LogP contribution in [0.3, 0.4) is 0 Å². The highest BCUT2D eigenvalue weighted by atomic mass is 16.1. The van der Waals surface area contributed by atoms with Crippen molar-refractivity contribution in [2.45, 2.75) is 39.7 Å². The van der Waals surface area contributed by atoms with Crippen molar-refractivity contribution >= 4 is 5.91 Å². The largest absolute Gasteiger partial charge is 0.350 e. The molecule has 5 nitrogen and oxygen atoms in total. The van der Waals surface area contributed by atoms with E-state index in [1.54, 1.807) is 10.9 Å². The van der Waals surface area contributed by atoms with Crippen LogP contribution < -0.4 is 11.1 Å². The summed E-state index contributed by atoms with van der Waals surface area (Å²) in [5.41, 5.74) is 7.56. The molecule has 1 atom stereocenters. The van der Waals surface area contributed by atoms with Crippen LogP contribution in [0.25, 0.3) is 0 Å². The molecule has 1 amide bonds. The summed E-state index contributed by atoms with van der Waals surface area (Å²) in [6.07, 6.45) is 3.67. The van der Waals surface area contributed by atoms with Crippen molar-refractivity contribution in [3.63, 3.8) is 0 Å². The predicted molar refractivity (Wildman–Crippen MR) is 72.3 cm³/mol. The third-order valence-electron chi connectivity index (χ3n) is 3.63. The maximum atomic E-state index is 12.0. The lowest BCUT2D eigenvalue weighted by atomic mass is 9.95. The summed E-state index contributed by atoms with van der Waals surface area (Å²) < 4.78 is 1.69. The molecule has 5 heteroatoms. The minimum Gasteiger partial charge on any atom is -0.350 e. The monoisotopic (exact) mass is 252 g/mol. The molecule has 1 unspecified atom stereocenters. The summed E-state index contributed by atoms with van der Waals surface area (Å²) in [6.45, 7) is 6.64. The Morgan fingerprint density at radius 2 is 2.11 bits per heavy atom. The number of nitrogens with two attached hydrogens (primary N) is 1. The molecule has 1 rings (SSSR count). The highest BCUT2D eigenvalue weighted by Gasteiger charge is 2.17. The van der Waals surface area contributed by atoms with E-state index in [0.717, 1.165) is 18.5 Å². The quantitative estimate of drug-likeness (QED) is 0.799. The highest BCUT2D eigenvalue weighted by Crippen LogP contribution is 2.11. The second-order valence-electron chi connectivity index (χ2n) is 4.72. The minimum absolute atomic E-state index is 0.0147. The van der Waals surface area contributed by atoms with E-state index < -0.39 is 0 Å². The lowest BCUT2D eigenvalue weighted by molar-refractivity contribution is 0.0947. The van der Waals surface area contributed by atoms with Gasteiger partial charge in [-0.15, -0.1) is 0 Å². The van der Waals surface area contributed by atoms with Gasteiger partial charge in [0.15, 0.2) is 0 Å². The maximum Gasteiger partial charge on any atom is 0.254 e. The van der Waals surface area contributed by atoms with Gasteiger partial charge < -0.3 is 11.1 Å². The van der Waals surface area contributed by atoms with Gasteiger partial charge in [-0.2, -0.15) is 5.10 Å². The molecule has 0 fully saturated rings. The van der Waals surface area contributed by atoms with Crippen molar-refractivity contribution in [2.75, 3.05) is 6.54 Å². The standard InChI is InChI=1S/C13H24N4O/c1-5-10(6-2)12(14)8-15-13(18)11-7-16-17(4)9(11)3/h7,10,12H,5-6,8,14H2,1-4H3,(H,15,18). The number of amides is 1. The summed E-state index contributed by atoms with van der Waals surface area (Å²) in [4.78, 5) is 12.0. The van der Waals surface area contributed by atoms with Crippen LogP contribution in [-0.4, -0.2) is 28.3 Å². The average molecular weight is 252 g/mol. The molecule has 0 aliphatic rings. The van der Waals surface area contributed by atoms with E-state index in [4.69, 9.17) is 5.73 Å². The van der Waals surface area contributed by atoms with Gasteiger partial charge in [-0.1, -0.05) is 26.7 Å². The van der Waals surface area contributed by atoms with Crippen molar-refractivity contribution in [2.24, 2.45) is 18.7 Å². The number of aromatic nitrogens is 2. The SMILES string of the molecule is CCC(CC)C(N)CNC(=O)c1cnn(C)c1C. The maximum absolute atomic E-state index is 12.0. The Kier molecular flexibility index (Phi) is 5.34. The number of nitrogens with zero attached hydrogens (tertiary/aromatic N) is 2. The number of carbonyl (C=O) groups excluding carboxylic acids is 1. The fraction of sp³-hybridized carbons (Fsp3) is 0.692. The van der Waals surface area contributed by atoms with E-state index in [1.165, 1.54) is 0 Å². The van der Waals surface area contributed by atoms with Crippen LogP contribution in [0.4, 0.5) is 0 Å². The van der Waals surface area contributed by atoms with E-state index >= 15 is 0 Å². The smallest absolute Gasteiger partial charge is 0.254 e. The minimum atomic E-state index is -0.0954. The average Bonchev–Trinajstić information content (AvgIpc) is 2.69. The van der Waals surface area contributed by atoms with Gasteiger partial charge in [0.2, 0.25) is 0 Å². The van der Waals surface area contributed by atoms with Gasteiger partial charge in [0, 0.05) is 25.3 Å². The third kappa shape index (κ3) is 3.32. The first-order chi connectivity index (χ1) is 8.51.